The van der Waals surface area contributed by atoms with E-state index in [1.54, 1.807) is 0 Å². The van der Waals surface area contributed by atoms with Crippen LogP contribution in [0.15, 0.2) is 48.5 Å². The molecule has 0 bridgehead atoms. The Morgan fingerprint density at radius 2 is 1.56 bits per heavy atom. The third kappa shape index (κ3) is 2.28. The molecule has 0 amide bonds. The topological polar surface area (TPSA) is 0 Å². The van der Waals surface area contributed by atoms with E-state index in [0.717, 1.165) is 5.02 Å². The van der Waals surface area contributed by atoms with E-state index in [9.17, 15) is 0 Å². The van der Waals surface area contributed by atoms with Crippen LogP contribution in [0.25, 0.3) is 11.1 Å². The molecule has 0 N–H and O–H groups in total. The van der Waals surface area contributed by atoms with Gasteiger partial charge < -0.3 is 0 Å². The zero-order valence-corrected chi connectivity index (χ0v) is 10.3. The molecule has 0 saturated carbocycles. The molecule has 0 heterocycles. The molecular formula is C15H15Cl. The zero-order valence-electron chi connectivity index (χ0n) is 9.57. The fourth-order valence-electron chi connectivity index (χ4n) is 1.80. The Balaban J connectivity index is 2.48. The standard InChI is InChI=1S/C15H15Cl/c1-11(2)14-10-13(8-9-15(14)16)12-6-4-3-5-7-12/h3-11H,1-2H3. The second-order valence-electron chi connectivity index (χ2n) is 4.26. The van der Waals surface area contributed by atoms with Crippen molar-refractivity contribution in [2.24, 2.45) is 0 Å². The van der Waals surface area contributed by atoms with Crippen LogP contribution >= 0.6 is 11.6 Å². The van der Waals surface area contributed by atoms with Crippen molar-refractivity contribution >= 4 is 11.6 Å². The van der Waals surface area contributed by atoms with Crippen molar-refractivity contribution in [2.45, 2.75) is 19.8 Å². The molecular weight excluding hydrogens is 216 g/mol. The van der Waals surface area contributed by atoms with Gasteiger partial charge in [-0.15, -0.1) is 0 Å². The average molecular weight is 231 g/mol. The number of rotatable bonds is 2. The maximum atomic E-state index is 6.18. The van der Waals surface area contributed by atoms with E-state index in [-0.39, 0.29) is 0 Å². The first-order valence-corrected chi connectivity index (χ1v) is 5.91. The lowest BCUT2D eigenvalue weighted by Gasteiger charge is -2.10. The van der Waals surface area contributed by atoms with E-state index in [1.807, 2.05) is 12.1 Å². The Hall–Kier alpha value is -1.27. The van der Waals surface area contributed by atoms with Crippen LogP contribution in [0.5, 0.6) is 0 Å². The summed E-state index contributed by atoms with van der Waals surface area (Å²) in [6, 6.07) is 16.6. The lowest BCUT2D eigenvalue weighted by Crippen LogP contribution is -1.89. The predicted octanol–water partition coefficient (Wildman–Crippen LogP) is 5.13. The number of hydrogen-bond donors (Lipinski definition) is 0. The van der Waals surface area contributed by atoms with E-state index in [2.05, 4.69) is 50.2 Å². The lowest BCUT2D eigenvalue weighted by molar-refractivity contribution is 0.867. The van der Waals surface area contributed by atoms with Gasteiger partial charge in [-0.05, 0) is 34.7 Å². The van der Waals surface area contributed by atoms with E-state index < -0.39 is 0 Å². The van der Waals surface area contributed by atoms with Crippen LogP contribution in [0.4, 0.5) is 0 Å². The van der Waals surface area contributed by atoms with Gasteiger partial charge in [0.25, 0.3) is 0 Å². The second-order valence-corrected chi connectivity index (χ2v) is 4.66. The Kier molecular flexibility index (Phi) is 3.31. The number of hydrogen-bond acceptors (Lipinski definition) is 0. The molecule has 0 radical (unpaired) electrons. The molecule has 0 saturated heterocycles. The number of halogens is 1. The van der Waals surface area contributed by atoms with E-state index in [4.69, 9.17) is 11.6 Å². The van der Waals surface area contributed by atoms with Crippen molar-refractivity contribution in [2.75, 3.05) is 0 Å². The molecule has 0 aliphatic heterocycles. The Labute approximate surface area is 102 Å². The molecule has 0 aromatic heterocycles. The van der Waals surface area contributed by atoms with E-state index in [1.165, 1.54) is 16.7 Å². The van der Waals surface area contributed by atoms with Gasteiger partial charge in [0.2, 0.25) is 0 Å². The van der Waals surface area contributed by atoms with Gasteiger partial charge in [0, 0.05) is 5.02 Å². The fraction of sp³-hybridized carbons (Fsp3) is 0.200. The summed E-state index contributed by atoms with van der Waals surface area (Å²) in [5.41, 5.74) is 3.68. The van der Waals surface area contributed by atoms with Crippen LogP contribution in [-0.4, -0.2) is 0 Å². The van der Waals surface area contributed by atoms with Gasteiger partial charge in [-0.3, -0.25) is 0 Å². The van der Waals surface area contributed by atoms with Crippen molar-refractivity contribution in [3.8, 4) is 11.1 Å². The molecule has 2 aromatic rings. The molecule has 2 rings (SSSR count). The highest BCUT2D eigenvalue weighted by Crippen LogP contribution is 2.29. The van der Waals surface area contributed by atoms with Gasteiger partial charge in [0.05, 0.1) is 0 Å². The molecule has 1 heteroatoms. The third-order valence-corrected chi connectivity index (χ3v) is 3.07. The molecule has 0 spiro atoms. The van der Waals surface area contributed by atoms with Crippen molar-refractivity contribution < 1.29 is 0 Å². The highest BCUT2D eigenvalue weighted by Gasteiger charge is 2.06. The minimum absolute atomic E-state index is 0.455. The normalized spacial score (nSPS) is 10.8. The lowest BCUT2D eigenvalue weighted by atomic mass is 9.97. The first-order chi connectivity index (χ1) is 7.68. The minimum atomic E-state index is 0.455. The van der Waals surface area contributed by atoms with Crippen LogP contribution in [0.2, 0.25) is 5.02 Å². The smallest absolute Gasteiger partial charge is 0.0441 e. The Morgan fingerprint density at radius 3 is 2.19 bits per heavy atom. The van der Waals surface area contributed by atoms with Crippen LogP contribution in [0.3, 0.4) is 0 Å². The molecule has 2 aromatic carbocycles. The third-order valence-electron chi connectivity index (χ3n) is 2.73. The van der Waals surface area contributed by atoms with Gasteiger partial charge in [-0.1, -0.05) is 61.8 Å². The van der Waals surface area contributed by atoms with E-state index >= 15 is 0 Å². The van der Waals surface area contributed by atoms with Crippen molar-refractivity contribution in [3.63, 3.8) is 0 Å². The minimum Gasteiger partial charge on any atom is -0.0840 e. The summed E-state index contributed by atoms with van der Waals surface area (Å²) in [5.74, 6) is 0.455. The Morgan fingerprint density at radius 1 is 0.875 bits per heavy atom. The van der Waals surface area contributed by atoms with Crippen LogP contribution in [0.1, 0.15) is 25.3 Å². The molecule has 0 fully saturated rings. The number of benzene rings is 2. The van der Waals surface area contributed by atoms with Gasteiger partial charge >= 0.3 is 0 Å². The van der Waals surface area contributed by atoms with Crippen LogP contribution in [-0.2, 0) is 0 Å². The maximum Gasteiger partial charge on any atom is 0.0441 e. The van der Waals surface area contributed by atoms with Crippen LogP contribution < -0.4 is 0 Å². The summed E-state index contributed by atoms with van der Waals surface area (Å²) in [6.07, 6.45) is 0. The van der Waals surface area contributed by atoms with Crippen molar-refractivity contribution in [3.05, 3.63) is 59.1 Å². The summed E-state index contributed by atoms with van der Waals surface area (Å²) in [7, 11) is 0. The van der Waals surface area contributed by atoms with Crippen LogP contribution in [0, 0.1) is 0 Å². The summed E-state index contributed by atoms with van der Waals surface area (Å²) in [6.45, 7) is 4.33. The zero-order chi connectivity index (χ0) is 11.5. The summed E-state index contributed by atoms with van der Waals surface area (Å²) in [4.78, 5) is 0. The highest BCUT2D eigenvalue weighted by atomic mass is 35.5. The SMILES string of the molecule is CC(C)c1cc(-c2ccccc2)ccc1Cl. The van der Waals surface area contributed by atoms with Gasteiger partial charge in [-0.2, -0.15) is 0 Å². The summed E-state index contributed by atoms with van der Waals surface area (Å²) < 4.78 is 0. The molecule has 0 aliphatic carbocycles. The maximum absolute atomic E-state index is 6.18. The molecule has 0 unspecified atom stereocenters. The quantitative estimate of drug-likeness (QED) is 0.671. The summed E-state index contributed by atoms with van der Waals surface area (Å²) >= 11 is 6.18. The van der Waals surface area contributed by atoms with Gasteiger partial charge in [0.15, 0.2) is 0 Å². The monoisotopic (exact) mass is 230 g/mol. The van der Waals surface area contributed by atoms with E-state index in [0.29, 0.717) is 5.92 Å². The van der Waals surface area contributed by atoms with Gasteiger partial charge in [0.1, 0.15) is 0 Å². The summed E-state index contributed by atoms with van der Waals surface area (Å²) in [5, 5.41) is 0.856. The van der Waals surface area contributed by atoms with Crippen molar-refractivity contribution in [1.82, 2.24) is 0 Å². The van der Waals surface area contributed by atoms with Gasteiger partial charge in [-0.25, -0.2) is 0 Å². The molecule has 82 valence electrons. The molecule has 0 nitrogen and oxygen atoms in total. The predicted molar refractivity (Wildman–Crippen MR) is 71.0 cm³/mol. The Bertz CT molecular complexity index is 472. The molecule has 16 heavy (non-hydrogen) atoms. The molecule has 0 atom stereocenters. The first kappa shape index (κ1) is 11.2. The van der Waals surface area contributed by atoms with Crippen molar-refractivity contribution in [1.29, 1.82) is 0 Å². The molecule has 0 aliphatic rings. The highest BCUT2D eigenvalue weighted by molar-refractivity contribution is 6.31. The average Bonchev–Trinajstić information content (AvgIpc) is 2.30. The second kappa shape index (κ2) is 4.71. The first-order valence-electron chi connectivity index (χ1n) is 5.53. The fourth-order valence-corrected chi connectivity index (χ4v) is 2.13. The largest absolute Gasteiger partial charge is 0.0840 e.